The molecule has 1 amide bonds. The Labute approximate surface area is 111 Å². The second-order valence-electron chi connectivity index (χ2n) is 3.36. The van der Waals surface area contributed by atoms with Crippen molar-refractivity contribution in [3.8, 4) is 0 Å². The average molecular weight is 313 g/mol. The van der Waals surface area contributed by atoms with Crippen LogP contribution in [0, 0.1) is 11.7 Å². The minimum Gasteiger partial charge on any atom is -0.267 e. The highest BCUT2D eigenvalue weighted by atomic mass is 79.9. The van der Waals surface area contributed by atoms with E-state index in [1.807, 2.05) is 6.07 Å². The van der Waals surface area contributed by atoms with Gasteiger partial charge in [0, 0.05) is 10.0 Å². The summed E-state index contributed by atoms with van der Waals surface area (Å²) in [7, 11) is 0. The Morgan fingerprint density at radius 1 is 1.59 bits per heavy atom. The summed E-state index contributed by atoms with van der Waals surface area (Å²) in [6, 6.07) is 7.10. The van der Waals surface area contributed by atoms with Crippen LogP contribution in [0.15, 0.2) is 28.7 Å². The summed E-state index contributed by atoms with van der Waals surface area (Å²) in [6.45, 7) is 1.74. The predicted molar refractivity (Wildman–Crippen MR) is 70.0 cm³/mol. The molecule has 2 rings (SSSR count). The van der Waals surface area contributed by atoms with Gasteiger partial charge in [0.1, 0.15) is 5.82 Å². The Kier molecular flexibility index (Phi) is 3.39. The van der Waals surface area contributed by atoms with Crippen molar-refractivity contribution in [1.82, 2.24) is 14.9 Å². The van der Waals surface area contributed by atoms with Crippen LogP contribution in [0.2, 0.25) is 0 Å². The third-order valence-corrected chi connectivity index (χ3v) is 2.91. The molecule has 5 nitrogen and oxygen atoms in total. The summed E-state index contributed by atoms with van der Waals surface area (Å²) in [4.78, 5) is 11.9. The number of benzene rings is 1. The van der Waals surface area contributed by atoms with Gasteiger partial charge in [-0.15, -0.1) is 0 Å². The van der Waals surface area contributed by atoms with Gasteiger partial charge in [0.25, 0.3) is 5.91 Å². The van der Waals surface area contributed by atoms with E-state index >= 15 is 0 Å². The smallest absolute Gasteiger partial charge is 0.267 e. The summed E-state index contributed by atoms with van der Waals surface area (Å²) in [6.07, 6.45) is 0. The third kappa shape index (κ3) is 2.62. The van der Waals surface area contributed by atoms with E-state index in [1.165, 1.54) is 4.68 Å². The largest absolute Gasteiger partial charge is 0.270 e. The van der Waals surface area contributed by atoms with E-state index in [4.69, 9.17) is 12.2 Å². The maximum atomic E-state index is 11.9. The zero-order chi connectivity index (χ0) is 12.4. The molecule has 0 bridgehead atoms. The topological polar surface area (TPSA) is 62.7 Å². The summed E-state index contributed by atoms with van der Waals surface area (Å²) < 4.78 is 2.63. The summed E-state index contributed by atoms with van der Waals surface area (Å²) >= 11 is 8.30. The molecule has 0 saturated carbocycles. The fourth-order valence-corrected chi connectivity index (χ4v) is 1.93. The molecule has 88 valence electrons. The number of halogens is 1. The average Bonchev–Trinajstić information content (AvgIpc) is 2.61. The molecule has 2 aromatic rings. The number of carbonyl (C=O) groups excluding carboxylic acids is 1. The van der Waals surface area contributed by atoms with Crippen LogP contribution >= 0.6 is 28.1 Å². The van der Waals surface area contributed by atoms with Gasteiger partial charge in [0.15, 0.2) is 0 Å². The van der Waals surface area contributed by atoms with Crippen molar-refractivity contribution in [1.29, 1.82) is 0 Å². The summed E-state index contributed by atoms with van der Waals surface area (Å²) in [5.74, 6) is 0.352. The Morgan fingerprint density at radius 2 is 2.35 bits per heavy atom. The van der Waals surface area contributed by atoms with Gasteiger partial charge in [-0.3, -0.25) is 15.3 Å². The van der Waals surface area contributed by atoms with E-state index in [2.05, 4.69) is 31.6 Å². The predicted octanol–water partition coefficient (Wildman–Crippen LogP) is 2.40. The van der Waals surface area contributed by atoms with Crippen LogP contribution in [0.1, 0.15) is 16.2 Å². The van der Waals surface area contributed by atoms with E-state index in [-0.39, 0.29) is 5.91 Å². The monoisotopic (exact) mass is 312 g/mol. The fourth-order valence-electron chi connectivity index (χ4n) is 1.30. The van der Waals surface area contributed by atoms with Crippen LogP contribution < -0.4 is 5.43 Å². The van der Waals surface area contributed by atoms with Gasteiger partial charge in [0.2, 0.25) is 4.77 Å². The lowest BCUT2D eigenvalue weighted by Gasteiger charge is -2.06. The minimum atomic E-state index is -0.244. The number of hydrogen-bond acceptors (Lipinski definition) is 3. The first kappa shape index (κ1) is 12.0. The lowest BCUT2D eigenvalue weighted by atomic mass is 10.2. The molecule has 17 heavy (non-hydrogen) atoms. The van der Waals surface area contributed by atoms with Crippen molar-refractivity contribution in [2.75, 3.05) is 5.43 Å². The SMILES string of the molecule is Cc1n[nH]c(=S)n1NC(=O)c1cccc(Br)c1. The van der Waals surface area contributed by atoms with Gasteiger partial charge in [-0.2, -0.15) is 5.10 Å². The Morgan fingerprint density at radius 3 is 2.94 bits per heavy atom. The molecule has 0 unspecified atom stereocenters. The van der Waals surface area contributed by atoms with Crippen LogP contribution in [-0.4, -0.2) is 20.8 Å². The lowest BCUT2D eigenvalue weighted by molar-refractivity contribution is 0.101. The maximum Gasteiger partial charge on any atom is 0.270 e. The van der Waals surface area contributed by atoms with E-state index in [9.17, 15) is 4.79 Å². The first-order chi connectivity index (χ1) is 8.08. The zero-order valence-corrected chi connectivity index (χ0v) is 11.3. The first-order valence-corrected chi connectivity index (χ1v) is 5.99. The summed E-state index contributed by atoms with van der Waals surface area (Å²) in [5, 5.41) is 6.50. The number of H-pyrrole nitrogens is 1. The van der Waals surface area contributed by atoms with Crippen LogP contribution in [0.25, 0.3) is 0 Å². The molecule has 7 heteroatoms. The molecule has 0 aliphatic heterocycles. The van der Waals surface area contributed by atoms with Crippen LogP contribution in [-0.2, 0) is 0 Å². The van der Waals surface area contributed by atoms with Crippen molar-refractivity contribution < 1.29 is 4.79 Å². The number of aromatic nitrogens is 3. The lowest BCUT2D eigenvalue weighted by Crippen LogP contribution is -2.24. The second-order valence-corrected chi connectivity index (χ2v) is 4.67. The number of amides is 1. The highest BCUT2D eigenvalue weighted by molar-refractivity contribution is 9.10. The van der Waals surface area contributed by atoms with Crippen molar-refractivity contribution in [2.24, 2.45) is 0 Å². The van der Waals surface area contributed by atoms with Crippen LogP contribution in [0.5, 0.6) is 0 Å². The molecule has 0 aliphatic rings. The highest BCUT2D eigenvalue weighted by Crippen LogP contribution is 2.11. The van der Waals surface area contributed by atoms with Crippen LogP contribution in [0.4, 0.5) is 0 Å². The van der Waals surface area contributed by atoms with Crippen molar-refractivity contribution >= 4 is 34.1 Å². The molecule has 1 heterocycles. The molecule has 0 atom stereocenters. The molecule has 0 spiro atoms. The van der Waals surface area contributed by atoms with Gasteiger partial charge >= 0.3 is 0 Å². The molecule has 0 radical (unpaired) electrons. The van der Waals surface area contributed by atoms with Crippen molar-refractivity contribution in [3.05, 3.63) is 44.9 Å². The van der Waals surface area contributed by atoms with E-state index in [0.717, 1.165) is 4.47 Å². The Hall–Kier alpha value is -1.47. The molecule has 0 aliphatic carbocycles. The summed E-state index contributed by atoms with van der Waals surface area (Å²) in [5.41, 5.74) is 3.20. The molecule has 0 saturated heterocycles. The number of aryl methyl sites for hydroxylation is 1. The van der Waals surface area contributed by atoms with E-state index < -0.39 is 0 Å². The number of hydrogen-bond donors (Lipinski definition) is 2. The van der Waals surface area contributed by atoms with Crippen molar-refractivity contribution in [3.63, 3.8) is 0 Å². The fraction of sp³-hybridized carbons (Fsp3) is 0.100. The van der Waals surface area contributed by atoms with Gasteiger partial charge in [0.05, 0.1) is 0 Å². The standard InChI is InChI=1S/C10H9BrN4OS/c1-6-12-13-10(17)15(6)14-9(16)7-3-2-4-8(11)5-7/h2-5H,1H3,(H,13,17)(H,14,16). The molecule has 2 N–H and O–H groups in total. The second kappa shape index (κ2) is 4.80. The number of rotatable bonds is 2. The normalized spacial score (nSPS) is 10.2. The number of nitrogens with zero attached hydrogens (tertiary/aromatic N) is 2. The van der Waals surface area contributed by atoms with E-state index in [1.54, 1.807) is 25.1 Å². The van der Waals surface area contributed by atoms with E-state index in [0.29, 0.717) is 16.2 Å². The van der Waals surface area contributed by atoms with Crippen molar-refractivity contribution in [2.45, 2.75) is 6.92 Å². The van der Waals surface area contributed by atoms with Crippen LogP contribution in [0.3, 0.4) is 0 Å². The first-order valence-electron chi connectivity index (χ1n) is 4.79. The maximum absolute atomic E-state index is 11.9. The zero-order valence-electron chi connectivity index (χ0n) is 8.90. The molecule has 1 aromatic heterocycles. The molecule has 1 aromatic carbocycles. The number of aromatic amines is 1. The molecular weight excluding hydrogens is 304 g/mol. The number of carbonyl (C=O) groups is 1. The highest BCUT2D eigenvalue weighted by Gasteiger charge is 2.08. The van der Waals surface area contributed by atoms with Gasteiger partial charge in [-0.1, -0.05) is 22.0 Å². The quantitative estimate of drug-likeness (QED) is 0.837. The number of nitrogens with one attached hydrogen (secondary N) is 2. The van der Waals surface area contributed by atoms with Gasteiger partial charge in [-0.05, 0) is 37.3 Å². The van der Waals surface area contributed by atoms with Gasteiger partial charge < -0.3 is 0 Å². The van der Waals surface area contributed by atoms with Gasteiger partial charge in [-0.25, -0.2) is 4.68 Å². The molecular formula is C10H9BrN4OS. The third-order valence-electron chi connectivity index (χ3n) is 2.14. The minimum absolute atomic E-state index is 0.244. The Bertz CT molecular complexity index is 619. The Balaban J connectivity index is 2.26. The molecule has 0 fully saturated rings.